The molecule has 5 nitrogen and oxygen atoms in total. The van der Waals surface area contributed by atoms with E-state index < -0.39 is 5.97 Å². The molecule has 43 heavy (non-hydrogen) atoms. The van der Waals surface area contributed by atoms with E-state index in [1.54, 1.807) is 24.3 Å². The minimum Gasteiger partial charge on any atom is -0.465 e. The smallest absolute Gasteiger partial charge is 0.337 e. The van der Waals surface area contributed by atoms with Crippen LogP contribution in [-0.2, 0) is 15.6 Å². The fraction of sp³-hybridized carbons (Fsp3) is 0.263. The van der Waals surface area contributed by atoms with Crippen LogP contribution in [-0.4, -0.2) is 26.0 Å². The van der Waals surface area contributed by atoms with Crippen LogP contribution in [0.5, 0.6) is 0 Å². The van der Waals surface area contributed by atoms with Gasteiger partial charge in [-0.15, -0.1) is 0 Å². The zero-order chi connectivity index (χ0) is 30.5. The molecule has 0 atom stereocenters. The maximum atomic E-state index is 13.6. The van der Waals surface area contributed by atoms with E-state index in [2.05, 4.69) is 112 Å². The summed E-state index contributed by atoms with van der Waals surface area (Å²) >= 11 is 0. The van der Waals surface area contributed by atoms with Crippen molar-refractivity contribution in [1.82, 2.24) is 0 Å². The van der Waals surface area contributed by atoms with E-state index in [1.165, 1.54) is 34.4 Å². The molecule has 0 saturated carbocycles. The van der Waals surface area contributed by atoms with E-state index >= 15 is 0 Å². The van der Waals surface area contributed by atoms with Crippen LogP contribution in [0.25, 0.3) is 21.5 Å². The summed E-state index contributed by atoms with van der Waals surface area (Å²) in [7, 11) is 3.42. The summed E-state index contributed by atoms with van der Waals surface area (Å²) in [6.45, 7) is 9.21. The molecule has 1 amide bonds. The first-order chi connectivity index (χ1) is 20.5. The number of fused-ring (bicyclic) bond motifs is 3. The standard InChI is InChI=1S/C38H38N2O3/c1-37(2)18-19-38(3,4)31-23-34(32(22-30(31)37)39-35(41)24-14-16-25(17-15-24)36(42)43-6)40(5)33-13-9-12-28-20-26-10-7-8-11-27(26)21-29(28)33/h7-17,20-23H,18-19H2,1-6H3,(H,39,41). The van der Waals surface area contributed by atoms with Crippen LogP contribution >= 0.6 is 0 Å². The van der Waals surface area contributed by atoms with Gasteiger partial charge in [0, 0.05) is 23.7 Å². The topological polar surface area (TPSA) is 58.6 Å². The minimum atomic E-state index is -0.432. The van der Waals surface area contributed by atoms with Crippen LogP contribution in [0, 0.1) is 0 Å². The molecular weight excluding hydrogens is 532 g/mol. The Morgan fingerprint density at radius 3 is 1.93 bits per heavy atom. The molecule has 1 aliphatic rings. The number of hydrogen-bond donors (Lipinski definition) is 1. The highest BCUT2D eigenvalue weighted by Crippen LogP contribution is 2.49. The third-order valence-electron chi connectivity index (χ3n) is 9.23. The second kappa shape index (κ2) is 10.6. The molecule has 1 aliphatic carbocycles. The molecule has 5 heteroatoms. The van der Waals surface area contributed by atoms with Gasteiger partial charge in [-0.1, -0.05) is 64.1 Å². The predicted molar refractivity (Wildman–Crippen MR) is 177 cm³/mol. The van der Waals surface area contributed by atoms with Crippen LogP contribution < -0.4 is 10.2 Å². The lowest BCUT2D eigenvalue weighted by atomic mass is 9.63. The SMILES string of the molecule is COC(=O)c1ccc(C(=O)Nc2cc3c(cc2N(C)c2cccc4cc5ccccc5cc24)C(C)(C)CCC3(C)C)cc1. The Kier molecular flexibility index (Phi) is 7.00. The van der Waals surface area contributed by atoms with Gasteiger partial charge < -0.3 is 15.0 Å². The number of amides is 1. The summed E-state index contributed by atoms with van der Waals surface area (Å²) in [4.78, 5) is 27.8. The minimum absolute atomic E-state index is 0.00164. The van der Waals surface area contributed by atoms with Gasteiger partial charge in [0.2, 0.25) is 0 Å². The Morgan fingerprint density at radius 2 is 1.28 bits per heavy atom. The lowest BCUT2D eigenvalue weighted by molar-refractivity contribution is 0.0600. The van der Waals surface area contributed by atoms with Gasteiger partial charge in [-0.25, -0.2) is 4.79 Å². The molecule has 6 rings (SSSR count). The molecule has 5 aromatic rings. The van der Waals surface area contributed by atoms with Gasteiger partial charge in [0.25, 0.3) is 5.91 Å². The Bertz CT molecular complexity index is 1890. The van der Waals surface area contributed by atoms with Crippen molar-refractivity contribution in [3.63, 3.8) is 0 Å². The van der Waals surface area contributed by atoms with Crippen molar-refractivity contribution in [3.8, 4) is 0 Å². The summed E-state index contributed by atoms with van der Waals surface area (Å²) in [5.74, 6) is -0.666. The number of hydrogen-bond acceptors (Lipinski definition) is 4. The lowest BCUT2D eigenvalue weighted by Crippen LogP contribution is -2.34. The van der Waals surface area contributed by atoms with Gasteiger partial charge in [0.1, 0.15) is 0 Å². The number of benzene rings is 5. The van der Waals surface area contributed by atoms with Gasteiger partial charge in [-0.2, -0.15) is 0 Å². The molecule has 0 saturated heterocycles. The number of carbonyl (C=O) groups excluding carboxylic acids is 2. The van der Waals surface area contributed by atoms with Crippen molar-refractivity contribution < 1.29 is 14.3 Å². The largest absolute Gasteiger partial charge is 0.465 e. The molecule has 0 heterocycles. The number of esters is 1. The predicted octanol–water partition coefficient (Wildman–Crippen LogP) is 9.15. The van der Waals surface area contributed by atoms with Crippen molar-refractivity contribution in [2.75, 3.05) is 24.4 Å². The van der Waals surface area contributed by atoms with Crippen LogP contribution in [0.4, 0.5) is 17.1 Å². The molecule has 0 fully saturated rings. The Morgan fingerprint density at radius 1 is 0.698 bits per heavy atom. The third kappa shape index (κ3) is 5.14. The average molecular weight is 571 g/mol. The average Bonchev–Trinajstić information content (AvgIpc) is 3.01. The fourth-order valence-electron chi connectivity index (χ4n) is 6.42. The summed E-state index contributed by atoms with van der Waals surface area (Å²) in [5.41, 5.74) is 6.18. The second-order valence-corrected chi connectivity index (χ2v) is 13.0. The van der Waals surface area contributed by atoms with E-state index in [0.717, 1.165) is 35.3 Å². The number of anilines is 3. The summed E-state index contributed by atoms with van der Waals surface area (Å²) in [6.07, 6.45) is 2.16. The number of ether oxygens (including phenoxy) is 1. The van der Waals surface area contributed by atoms with Crippen LogP contribution in [0.3, 0.4) is 0 Å². The molecule has 0 bridgehead atoms. The molecule has 218 valence electrons. The molecule has 0 unspecified atom stereocenters. The molecule has 0 aliphatic heterocycles. The molecule has 1 N–H and O–H groups in total. The van der Waals surface area contributed by atoms with Crippen molar-refractivity contribution >= 4 is 50.5 Å². The number of methoxy groups -OCH3 is 1. The maximum Gasteiger partial charge on any atom is 0.337 e. The highest BCUT2D eigenvalue weighted by atomic mass is 16.5. The highest BCUT2D eigenvalue weighted by Gasteiger charge is 2.38. The Balaban J connectivity index is 1.49. The van der Waals surface area contributed by atoms with Gasteiger partial charge in [0.15, 0.2) is 0 Å². The summed E-state index contributed by atoms with van der Waals surface area (Å²) in [6, 6.07) is 30.3. The number of rotatable bonds is 5. The van der Waals surface area contributed by atoms with Gasteiger partial charge >= 0.3 is 5.97 Å². The van der Waals surface area contributed by atoms with E-state index in [9.17, 15) is 9.59 Å². The van der Waals surface area contributed by atoms with Crippen LogP contribution in [0.15, 0.2) is 91.0 Å². The van der Waals surface area contributed by atoms with Crippen LogP contribution in [0.1, 0.15) is 72.4 Å². The molecule has 0 aromatic heterocycles. The van der Waals surface area contributed by atoms with E-state index in [0.29, 0.717) is 11.1 Å². The van der Waals surface area contributed by atoms with Crippen molar-refractivity contribution in [2.24, 2.45) is 0 Å². The zero-order valence-corrected chi connectivity index (χ0v) is 25.7. The maximum absolute atomic E-state index is 13.6. The van der Waals surface area contributed by atoms with Crippen molar-refractivity contribution in [1.29, 1.82) is 0 Å². The van der Waals surface area contributed by atoms with Gasteiger partial charge in [0.05, 0.1) is 24.0 Å². The van der Waals surface area contributed by atoms with E-state index in [1.807, 2.05) is 0 Å². The monoisotopic (exact) mass is 570 g/mol. The number of nitrogens with zero attached hydrogens (tertiary/aromatic N) is 1. The number of nitrogens with one attached hydrogen (secondary N) is 1. The lowest BCUT2D eigenvalue weighted by Gasteiger charge is -2.43. The quantitative estimate of drug-likeness (QED) is 0.169. The third-order valence-corrected chi connectivity index (χ3v) is 9.23. The summed E-state index contributed by atoms with van der Waals surface area (Å²) < 4.78 is 4.81. The van der Waals surface area contributed by atoms with Crippen molar-refractivity contribution in [2.45, 2.75) is 51.4 Å². The fourth-order valence-corrected chi connectivity index (χ4v) is 6.42. The summed E-state index contributed by atoms with van der Waals surface area (Å²) in [5, 5.41) is 7.95. The van der Waals surface area contributed by atoms with E-state index in [4.69, 9.17) is 4.74 Å². The van der Waals surface area contributed by atoms with Crippen LogP contribution in [0.2, 0.25) is 0 Å². The molecule has 0 radical (unpaired) electrons. The highest BCUT2D eigenvalue weighted by molar-refractivity contribution is 6.08. The Hall–Kier alpha value is -4.64. The molecule has 5 aromatic carbocycles. The van der Waals surface area contributed by atoms with E-state index in [-0.39, 0.29) is 16.7 Å². The van der Waals surface area contributed by atoms with Gasteiger partial charge in [-0.3, -0.25) is 4.79 Å². The number of carbonyl (C=O) groups is 2. The van der Waals surface area contributed by atoms with Crippen molar-refractivity contribution in [3.05, 3.63) is 113 Å². The first kappa shape index (κ1) is 28.5. The normalized spacial score (nSPS) is 15.1. The first-order valence-electron chi connectivity index (χ1n) is 14.8. The second-order valence-electron chi connectivity index (χ2n) is 13.0. The first-order valence-corrected chi connectivity index (χ1v) is 14.8. The zero-order valence-electron chi connectivity index (χ0n) is 25.7. The molecule has 0 spiro atoms. The van der Waals surface area contributed by atoms with Gasteiger partial charge in [-0.05, 0) is 106 Å². The molecular formula is C38H38N2O3. The Labute approximate surface area is 253 Å².